The SMILES string of the molecule is Cc1sc2ncnc(NC(C)CC#N)c2c1C. The zero-order chi connectivity index (χ0) is 12.4. The van der Waals surface area contributed by atoms with Gasteiger partial charge >= 0.3 is 0 Å². The Labute approximate surface area is 104 Å². The molecule has 0 aliphatic carbocycles. The molecule has 17 heavy (non-hydrogen) atoms. The number of nitriles is 1. The highest BCUT2D eigenvalue weighted by Gasteiger charge is 2.13. The fraction of sp³-hybridized carbons (Fsp3) is 0.417. The molecule has 4 nitrogen and oxygen atoms in total. The maximum absolute atomic E-state index is 8.67. The Morgan fingerprint density at radius 2 is 2.24 bits per heavy atom. The molecule has 0 aliphatic rings. The molecule has 1 unspecified atom stereocenters. The molecule has 2 rings (SSSR count). The van der Waals surface area contributed by atoms with Crippen molar-refractivity contribution in [2.45, 2.75) is 33.2 Å². The second-order valence-electron chi connectivity index (χ2n) is 4.09. The number of hydrogen-bond acceptors (Lipinski definition) is 5. The van der Waals surface area contributed by atoms with Crippen LogP contribution < -0.4 is 5.32 Å². The summed E-state index contributed by atoms with van der Waals surface area (Å²) >= 11 is 1.68. The second-order valence-corrected chi connectivity index (χ2v) is 5.30. The number of aromatic nitrogens is 2. The van der Waals surface area contributed by atoms with Gasteiger partial charge in [0.25, 0.3) is 0 Å². The average Bonchev–Trinajstić information content (AvgIpc) is 2.56. The first-order chi connectivity index (χ1) is 8.13. The average molecular weight is 246 g/mol. The Kier molecular flexibility index (Phi) is 3.25. The van der Waals surface area contributed by atoms with Crippen molar-refractivity contribution in [3.05, 3.63) is 16.8 Å². The van der Waals surface area contributed by atoms with Gasteiger partial charge < -0.3 is 5.32 Å². The van der Waals surface area contributed by atoms with E-state index in [0.29, 0.717) is 6.42 Å². The minimum Gasteiger partial charge on any atom is -0.366 e. The van der Waals surface area contributed by atoms with Crippen LogP contribution in [0.2, 0.25) is 0 Å². The zero-order valence-corrected chi connectivity index (χ0v) is 10.9. The summed E-state index contributed by atoms with van der Waals surface area (Å²) < 4.78 is 0. The van der Waals surface area contributed by atoms with Crippen LogP contribution in [0.25, 0.3) is 10.2 Å². The third-order valence-corrected chi connectivity index (χ3v) is 3.86. The molecule has 1 atom stereocenters. The second kappa shape index (κ2) is 4.68. The summed E-state index contributed by atoms with van der Waals surface area (Å²) in [6, 6.07) is 2.25. The minimum atomic E-state index is 0.0951. The summed E-state index contributed by atoms with van der Waals surface area (Å²) in [6.45, 7) is 6.15. The van der Waals surface area contributed by atoms with E-state index >= 15 is 0 Å². The Morgan fingerprint density at radius 1 is 1.47 bits per heavy atom. The zero-order valence-electron chi connectivity index (χ0n) is 10.1. The van der Waals surface area contributed by atoms with Crippen LogP contribution in [0, 0.1) is 25.2 Å². The number of hydrogen-bond donors (Lipinski definition) is 1. The highest BCUT2D eigenvalue weighted by molar-refractivity contribution is 7.18. The Hall–Kier alpha value is -1.67. The van der Waals surface area contributed by atoms with Gasteiger partial charge in [-0.3, -0.25) is 0 Å². The normalized spacial score (nSPS) is 12.4. The van der Waals surface area contributed by atoms with Gasteiger partial charge in [0, 0.05) is 10.9 Å². The summed E-state index contributed by atoms with van der Waals surface area (Å²) in [7, 11) is 0. The number of fused-ring (bicyclic) bond motifs is 1. The molecule has 5 heteroatoms. The van der Waals surface area contributed by atoms with Crippen molar-refractivity contribution >= 4 is 27.4 Å². The molecular formula is C12H14N4S. The molecule has 0 aromatic carbocycles. The van der Waals surface area contributed by atoms with Crippen LogP contribution in [0.3, 0.4) is 0 Å². The molecule has 2 aromatic rings. The van der Waals surface area contributed by atoms with Crippen LogP contribution >= 0.6 is 11.3 Å². The van der Waals surface area contributed by atoms with E-state index in [1.165, 1.54) is 10.4 Å². The maximum atomic E-state index is 8.67. The third-order valence-electron chi connectivity index (χ3n) is 2.75. The van der Waals surface area contributed by atoms with Gasteiger partial charge in [-0.1, -0.05) is 0 Å². The summed E-state index contributed by atoms with van der Waals surface area (Å²) in [6.07, 6.45) is 2.03. The predicted molar refractivity (Wildman–Crippen MR) is 70.2 cm³/mol. The van der Waals surface area contributed by atoms with E-state index in [1.807, 2.05) is 6.92 Å². The van der Waals surface area contributed by atoms with Gasteiger partial charge in [0.15, 0.2) is 0 Å². The minimum absolute atomic E-state index is 0.0951. The highest BCUT2D eigenvalue weighted by Crippen LogP contribution is 2.32. The fourth-order valence-corrected chi connectivity index (χ4v) is 2.71. The molecule has 0 saturated carbocycles. The summed E-state index contributed by atoms with van der Waals surface area (Å²) in [5, 5.41) is 13.0. The van der Waals surface area contributed by atoms with Gasteiger partial charge in [-0.25, -0.2) is 9.97 Å². The molecule has 0 aliphatic heterocycles. The van der Waals surface area contributed by atoms with Crippen molar-refractivity contribution in [3.8, 4) is 6.07 Å². The molecule has 2 heterocycles. The summed E-state index contributed by atoms with van der Waals surface area (Å²) in [4.78, 5) is 10.8. The van der Waals surface area contributed by atoms with E-state index in [0.717, 1.165) is 16.0 Å². The smallest absolute Gasteiger partial charge is 0.138 e. The number of nitrogens with zero attached hydrogens (tertiary/aromatic N) is 3. The number of anilines is 1. The third kappa shape index (κ3) is 2.22. The lowest BCUT2D eigenvalue weighted by atomic mass is 10.2. The molecule has 1 N–H and O–H groups in total. The number of thiophene rings is 1. The van der Waals surface area contributed by atoms with Gasteiger partial charge in [0.1, 0.15) is 17.0 Å². The number of aryl methyl sites for hydroxylation is 2. The molecule has 0 fully saturated rings. The van der Waals surface area contributed by atoms with Crippen molar-refractivity contribution in [1.82, 2.24) is 9.97 Å². The van der Waals surface area contributed by atoms with Crippen molar-refractivity contribution in [2.24, 2.45) is 0 Å². The van der Waals surface area contributed by atoms with Crippen molar-refractivity contribution in [3.63, 3.8) is 0 Å². The summed E-state index contributed by atoms with van der Waals surface area (Å²) in [5.74, 6) is 0.833. The Balaban J connectivity index is 2.44. The largest absolute Gasteiger partial charge is 0.366 e. The first kappa shape index (κ1) is 11.8. The maximum Gasteiger partial charge on any atom is 0.138 e. The van der Waals surface area contributed by atoms with Gasteiger partial charge in [-0.2, -0.15) is 5.26 Å². The van der Waals surface area contributed by atoms with Gasteiger partial charge in [0.05, 0.1) is 17.9 Å². The quantitative estimate of drug-likeness (QED) is 0.904. The van der Waals surface area contributed by atoms with Crippen LogP contribution in [0.1, 0.15) is 23.8 Å². The van der Waals surface area contributed by atoms with Crippen molar-refractivity contribution < 1.29 is 0 Å². The number of rotatable bonds is 3. The van der Waals surface area contributed by atoms with Gasteiger partial charge in [-0.15, -0.1) is 11.3 Å². The molecule has 0 bridgehead atoms. The topological polar surface area (TPSA) is 61.6 Å². The van der Waals surface area contributed by atoms with E-state index in [1.54, 1.807) is 17.7 Å². The first-order valence-electron chi connectivity index (χ1n) is 5.47. The van der Waals surface area contributed by atoms with Crippen molar-refractivity contribution in [1.29, 1.82) is 5.26 Å². The van der Waals surface area contributed by atoms with Crippen LogP contribution in [0.15, 0.2) is 6.33 Å². The van der Waals surface area contributed by atoms with E-state index in [-0.39, 0.29) is 6.04 Å². The van der Waals surface area contributed by atoms with Crippen LogP contribution in [-0.4, -0.2) is 16.0 Å². The van der Waals surface area contributed by atoms with E-state index in [4.69, 9.17) is 5.26 Å². The van der Waals surface area contributed by atoms with Crippen LogP contribution in [-0.2, 0) is 0 Å². The van der Waals surface area contributed by atoms with Gasteiger partial charge in [-0.05, 0) is 26.3 Å². The van der Waals surface area contributed by atoms with Crippen LogP contribution in [0.4, 0.5) is 5.82 Å². The standard InChI is InChI=1S/C12H14N4S/c1-7(4-5-13)16-11-10-8(2)9(3)17-12(10)15-6-14-11/h6-7H,4H2,1-3H3,(H,14,15,16). The molecule has 2 aromatic heterocycles. The van der Waals surface area contributed by atoms with Crippen molar-refractivity contribution in [2.75, 3.05) is 5.32 Å². The molecule has 0 saturated heterocycles. The highest BCUT2D eigenvalue weighted by atomic mass is 32.1. The van der Waals surface area contributed by atoms with E-state index in [9.17, 15) is 0 Å². The fourth-order valence-electron chi connectivity index (χ4n) is 1.71. The predicted octanol–water partition coefficient (Wildman–Crippen LogP) is 3.02. The van der Waals surface area contributed by atoms with Crippen LogP contribution in [0.5, 0.6) is 0 Å². The first-order valence-corrected chi connectivity index (χ1v) is 6.29. The lowest BCUT2D eigenvalue weighted by molar-refractivity contribution is 0.815. The van der Waals surface area contributed by atoms with Gasteiger partial charge in [0.2, 0.25) is 0 Å². The lowest BCUT2D eigenvalue weighted by Gasteiger charge is -2.11. The molecule has 88 valence electrons. The molecule has 0 spiro atoms. The monoisotopic (exact) mass is 246 g/mol. The Bertz CT molecular complexity index is 582. The van der Waals surface area contributed by atoms with E-state index < -0.39 is 0 Å². The molecule has 0 radical (unpaired) electrons. The Morgan fingerprint density at radius 3 is 2.94 bits per heavy atom. The molecular weight excluding hydrogens is 232 g/mol. The lowest BCUT2D eigenvalue weighted by Crippen LogP contribution is -2.15. The number of nitrogens with one attached hydrogen (secondary N) is 1. The molecule has 0 amide bonds. The van der Waals surface area contributed by atoms with E-state index in [2.05, 4.69) is 35.2 Å². The summed E-state index contributed by atoms with van der Waals surface area (Å²) in [5.41, 5.74) is 1.22.